The molecule has 2 atom stereocenters. The lowest BCUT2D eigenvalue weighted by atomic mass is 10.1. The Morgan fingerprint density at radius 1 is 1.30 bits per heavy atom. The third-order valence-electron chi connectivity index (χ3n) is 4.14. The highest BCUT2D eigenvalue weighted by atomic mass is 19.1. The third kappa shape index (κ3) is 3.35. The molecule has 5 heteroatoms. The minimum Gasteiger partial charge on any atom is -0.496 e. The summed E-state index contributed by atoms with van der Waals surface area (Å²) in [5, 5.41) is 12.2. The number of nitrogens with one attached hydrogen (secondary N) is 1. The molecule has 2 unspecified atom stereocenters. The zero-order chi connectivity index (χ0) is 16.4. The number of halogens is 1. The van der Waals surface area contributed by atoms with Crippen molar-refractivity contribution in [2.75, 3.05) is 12.4 Å². The molecule has 0 aromatic heterocycles. The van der Waals surface area contributed by atoms with Gasteiger partial charge < -0.3 is 15.2 Å². The predicted octanol–water partition coefficient (Wildman–Crippen LogP) is 3.07. The Balaban J connectivity index is 1.65. The fraction of sp³-hybridized carbons (Fsp3) is 0.278. The molecule has 0 aliphatic heterocycles. The highest BCUT2D eigenvalue weighted by Gasteiger charge is 2.43. The van der Waals surface area contributed by atoms with Crippen molar-refractivity contribution in [2.45, 2.75) is 18.9 Å². The smallest absolute Gasteiger partial charge is 0.228 e. The molecule has 1 saturated carbocycles. The van der Waals surface area contributed by atoms with E-state index in [4.69, 9.17) is 4.74 Å². The molecule has 1 amide bonds. The second kappa shape index (κ2) is 6.38. The lowest BCUT2D eigenvalue weighted by molar-refractivity contribution is -0.117. The zero-order valence-electron chi connectivity index (χ0n) is 12.8. The molecular weight excluding hydrogens is 297 g/mol. The quantitative estimate of drug-likeness (QED) is 0.891. The molecule has 0 radical (unpaired) electrons. The lowest BCUT2D eigenvalue weighted by Crippen LogP contribution is -2.14. The van der Waals surface area contributed by atoms with Gasteiger partial charge in [-0.25, -0.2) is 4.39 Å². The molecule has 1 fully saturated rings. The van der Waals surface area contributed by atoms with E-state index in [1.54, 1.807) is 30.3 Å². The van der Waals surface area contributed by atoms with Crippen molar-refractivity contribution in [1.82, 2.24) is 0 Å². The van der Waals surface area contributed by atoms with Gasteiger partial charge in [-0.15, -0.1) is 0 Å². The summed E-state index contributed by atoms with van der Waals surface area (Å²) in [6.45, 7) is -0.158. The van der Waals surface area contributed by atoms with Crippen LogP contribution in [0.2, 0.25) is 0 Å². The maximum atomic E-state index is 12.9. The Bertz CT molecular complexity index is 715. The average Bonchev–Trinajstić information content (AvgIpc) is 3.36. The lowest BCUT2D eigenvalue weighted by Gasteiger charge is -2.10. The summed E-state index contributed by atoms with van der Waals surface area (Å²) >= 11 is 0. The average molecular weight is 315 g/mol. The summed E-state index contributed by atoms with van der Waals surface area (Å²) in [6, 6.07) is 11.4. The molecule has 3 rings (SSSR count). The number of ether oxygens (including phenoxy) is 1. The van der Waals surface area contributed by atoms with Gasteiger partial charge in [-0.2, -0.15) is 0 Å². The fourth-order valence-corrected chi connectivity index (χ4v) is 2.78. The van der Waals surface area contributed by atoms with Crippen LogP contribution in [0.4, 0.5) is 10.1 Å². The number of anilines is 1. The van der Waals surface area contributed by atoms with E-state index in [0.717, 1.165) is 12.0 Å². The summed E-state index contributed by atoms with van der Waals surface area (Å²) in [5.41, 5.74) is 2.23. The maximum absolute atomic E-state index is 12.9. The van der Waals surface area contributed by atoms with Crippen LogP contribution in [-0.2, 0) is 11.4 Å². The maximum Gasteiger partial charge on any atom is 0.228 e. The number of amides is 1. The number of hydrogen-bond acceptors (Lipinski definition) is 3. The van der Waals surface area contributed by atoms with Gasteiger partial charge in [0.1, 0.15) is 11.6 Å². The van der Waals surface area contributed by atoms with Crippen LogP contribution in [-0.4, -0.2) is 18.1 Å². The first kappa shape index (κ1) is 15.5. The second-order valence-corrected chi connectivity index (χ2v) is 5.67. The topological polar surface area (TPSA) is 58.6 Å². The van der Waals surface area contributed by atoms with Crippen LogP contribution in [0.5, 0.6) is 5.75 Å². The molecule has 0 bridgehead atoms. The monoisotopic (exact) mass is 315 g/mol. The minimum absolute atomic E-state index is 0.0617. The van der Waals surface area contributed by atoms with Crippen molar-refractivity contribution in [2.24, 2.45) is 5.92 Å². The molecule has 0 saturated heterocycles. The Kier molecular flexibility index (Phi) is 4.30. The Hall–Kier alpha value is -2.40. The molecule has 1 aliphatic rings. The number of aliphatic hydroxyl groups excluding tert-OH is 1. The third-order valence-corrected chi connectivity index (χ3v) is 4.14. The first-order valence-corrected chi connectivity index (χ1v) is 7.46. The van der Waals surface area contributed by atoms with Crippen LogP contribution in [0, 0.1) is 11.7 Å². The highest BCUT2D eigenvalue weighted by molar-refractivity contribution is 5.95. The van der Waals surface area contributed by atoms with Gasteiger partial charge in [-0.1, -0.05) is 12.1 Å². The highest BCUT2D eigenvalue weighted by Crippen LogP contribution is 2.48. The van der Waals surface area contributed by atoms with Crippen LogP contribution in [0.25, 0.3) is 0 Å². The molecule has 2 aromatic rings. The van der Waals surface area contributed by atoms with Gasteiger partial charge in [0, 0.05) is 17.2 Å². The summed E-state index contributed by atoms with van der Waals surface area (Å²) in [6.07, 6.45) is 0.764. The van der Waals surface area contributed by atoms with Gasteiger partial charge in [0.05, 0.1) is 13.7 Å². The molecule has 2 N–H and O–H groups in total. The zero-order valence-corrected chi connectivity index (χ0v) is 12.8. The summed E-state index contributed by atoms with van der Waals surface area (Å²) < 4.78 is 18.1. The van der Waals surface area contributed by atoms with Crippen LogP contribution < -0.4 is 10.1 Å². The minimum atomic E-state index is -0.273. The number of rotatable bonds is 5. The van der Waals surface area contributed by atoms with E-state index in [2.05, 4.69) is 5.32 Å². The van der Waals surface area contributed by atoms with Crippen LogP contribution in [0.3, 0.4) is 0 Å². The first-order valence-electron chi connectivity index (χ1n) is 7.46. The number of carbonyl (C=O) groups excluding carboxylic acids is 1. The van der Waals surface area contributed by atoms with Gasteiger partial charge in [-0.05, 0) is 48.2 Å². The normalized spacial score (nSPS) is 19.3. The molecular formula is C18H18FNO3. The van der Waals surface area contributed by atoms with E-state index >= 15 is 0 Å². The standard InChI is InChI=1S/C18H18FNO3/c1-23-17-7-6-14(8-12(17)10-21)20-18(22)16-9-15(16)11-2-4-13(19)5-3-11/h2-8,15-16,21H,9-10H2,1H3,(H,20,22). The van der Waals surface area contributed by atoms with Crippen molar-refractivity contribution in [3.63, 3.8) is 0 Å². The van der Waals surface area contributed by atoms with Crippen molar-refractivity contribution in [1.29, 1.82) is 0 Å². The van der Waals surface area contributed by atoms with Gasteiger partial charge >= 0.3 is 0 Å². The molecule has 0 spiro atoms. The van der Waals surface area contributed by atoms with Crippen molar-refractivity contribution in [3.05, 3.63) is 59.4 Å². The van der Waals surface area contributed by atoms with Crippen LogP contribution >= 0.6 is 0 Å². The van der Waals surface area contributed by atoms with Crippen molar-refractivity contribution < 1.29 is 19.0 Å². The first-order chi connectivity index (χ1) is 11.1. The van der Waals surface area contributed by atoms with Gasteiger partial charge in [-0.3, -0.25) is 4.79 Å². The fourth-order valence-electron chi connectivity index (χ4n) is 2.78. The molecule has 4 nitrogen and oxygen atoms in total. The Morgan fingerprint density at radius 2 is 2.04 bits per heavy atom. The van der Waals surface area contributed by atoms with Crippen molar-refractivity contribution >= 4 is 11.6 Å². The largest absolute Gasteiger partial charge is 0.496 e. The Morgan fingerprint density at radius 3 is 2.70 bits per heavy atom. The SMILES string of the molecule is COc1ccc(NC(=O)C2CC2c2ccc(F)cc2)cc1CO. The molecule has 2 aromatic carbocycles. The summed E-state index contributed by atoms with van der Waals surface area (Å²) in [5.74, 6) is 0.297. The van der Waals surface area contributed by atoms with E-state index in [1.165, 1.54) is 19.2 Å². The number of methoxy groups -OCH3 is 1. The van der Waals surface area contributed by atoms with Gasteiger partial charge in [0.2, 0.25) is 5.91 Å². The number of aliphatic hydroxyl groups is 1. The van der Waals surface area contributed by atoms with Gasteiger partial charge in [0.25, 0.3) is 0 Å². The molecule has 120 valence electrons. The Labute approximate surface area is 133 Å². The van der Waals surface area contributed by atoms with E-state index in [1.807, 2.05) is 0 Å². The number of hydrogen-bond donors (Lipinski definition) is 2. The van der Waals surface area contributed by atoms with Crippen LogP contribution in [0.15, 0.2) is 42.5 Å². The van der Waals surface area contributed by atoms with Gasteiger partial charge in [0.15, 0.2) is 0 Å². The number of carbonyl (C=O) groups is 1. The summed E-state index contributed by atoms with van der Waals surface area (Å²) in [7, 11) is 1.53. The molecule has 0 heterocycles. The second-order valence-electron chi connectivity index (χ2n) is 5.67. The molecule has 1 aliphatic carbocycles. The molecule has 23 heavy (non-hydrogen) atoms. The summed E-state index contributed by atoms with van der Waals surface area (Å²) in [4.78, 5) is 12.3. The van der Waals surface area contributed by atoms with E-state index in [9.17, 15) is 14.3 Å². The van der Waals surface area contributed by atoms with E-state index in [-0.39, 0.29) is 30.2 Å². The van der Waals surface area contributed by atoms with E-state index in [0.29, 0.717) is 17.0 Å². The van der Waals surface area contributed by atoms with E-state index < -0.39 is 0 Å². The number of benzene rings is 2. The van der Waals surface area contributed by atoms with Crippen molar-refractivity contribution in [3.8, 4) is 5.75 Å². The van der Waals surface area contributed by atoms with Crippen LogP contribution in [0.1, 0.15) is 23.5 Å². The predicted molar refractivity (Wildman–Crippen MR) is 84.8 cm³/mol.